The summed E-state index contributed by atoms with van der Waals surface area (Å²) in [6.45, 7) is 10.0. The quantitative estimate of drug-likeness (QED) is 0.796. The molecule has 2 heterocycles. The molecule has 5 nitrogen and oxygen atoms in total. The van der Waals surface area contributed by atoms with E-state index in [1.54, 1.807) is 0 Å². The van der Waals surface area contributed by atoms with Gasteiger partial charge in [-0.1, -0.05) is 32.4 Å². The molecule has 2 aromatic heterocycles. The highest BCUT2D eigenvalue weighted by Gasteiger charge is 2.22. The van der Waals surface area contributed by atoms with Crippen molar-refractivity contribution in [2.24, 2.45) is 7.05 Å². The Kier molecular flexibility index (Phi) is 4.07. The minimum Gasteiger partial charge on any atom is -0.309 e. The first-order valence-corrected chi connectivity index (χ1v) is 7.48. The van der Waals surface area contributed by atoms with E-state index in [0.717, 1.165) is 27.4 Å². The van der Waals surface area contributed by atoms with Gasteiger partial charge in [0.05, 0.1) is 0 Å². The molecule has 20 heavy (non-hydrogen) atoms. The summed E-state index contributed by atoms with van der Waals surface area (Å²) in [6, 6.07) is 0. The van der Waals surface area contributed by atoms with Crippen LogP contribution in [0.2, 0.25) is 5.15 Å². The van der Waals surface area contributed by atoms with Crippen molar-refractivity contribution in [2.75, 3.05) is 0 Å². The van der Waals surface area contributed by atoms with Crippen LogP contribution in [0.5, 0.6) is 0 Å². The zero-order valence-electron chi connectivity index (χ0n) is 12.5. The third kappa shape index (κ3) is 2.96. The molecule has 2 rings (SSSR count). The molecule has 0 saturated carbocycles. The van der Waals surface area contributed by atoms with Gasteiger partial charge in [0.1, 0.15) is 21.8 Å². The van der Waals surface area contributed by atoms with Gasteiger partial charge in [0.15, 0.2) is 5.16 Å². The molecular formula is C13H18ClN5S. The molecule has 108 valence electrons. The number of halogens is 1. The van der Waals surface area contributed by atoms with Crippen LogP contribution >= 0.6 is 23.4 Å². The Morgan fingerprint density at radius 2 is 1.75 bits per heavy atom. The van der Waals surface area contributed by atoms with Crippen LogP contribution in [0.3, 0.4) is 0 Å². The second-order valence-electron chi connectivity index (χ2n) is 5.71. The van der Waals surface area contributed by atoms with Gasteiger partial charge in [-0.3, -0.25) is 0 Å². The van der Waals surface area contributed by atoms with E-state index in [1.165, 1.54) is 11.8 Å². The molecule has 0 aliphatic rings. The van der Waals surface area contributed by atoms with Gasteiger partial charge in [0, 0.05) is 18.0 Å². The fourth-order valence-electron chi connectivity index (χ4n) is 1.47. The molecule has 0 N–H and O–H groups in total. The van der Waals surface area contributed by atoms with Crippen molar-refractivity contribution in [3.05, 3.63) is 22.4 Å². The SMILES string of the molecule is Cc1c(Cl)nc(C(C)(C)C)nc1Sc1nnc(C)n1C. The lowest BCUT2D eigenvalue weighted by atomic mass is 9.96. The average molecular weight is 312 g/mol. The largest absolute Gasteiger partial charge is 0.309 e. The van der Waals surface area contributed by atoms with Crippen molar-refractivity contribution in [1.29, 1.82) is 0 Å². The Balaban J connectivity index is 2.46. The van der Waals surface area contributed by atoms with E-state index in [0.29, 0.717) is 5.15 Å². The summed E-state index contributed by atoms with van der Waals surface area (Å²) in [4.78, 5) is 9.01. The Bertz CT molecular complexity index is 645. The molecule has 0 atom stereocenters. The summed E-state index contributed by atoms with van der Waals surface area (Å²) in [5, 5.41) is 10.3. The van der Waals surface area contributed by atoms with Crippen LogP contribution in [0.4, 0.5) is 0 Å². The van der Waals surface area contributed by atoms with Gasteiger partial charge in [0.25, 0.3) is 0 Å². The Hall–Kier alpha value is -1.14. The number of nitrogens with zero attached hydrogens (tertiary/aromatic N) is 5. The van der Waals surface area contributed by atoms with Gasteiger partial charge in [0.2, 0.25) is 0 Å². The maximum absolute atomic E-state index is 6.23. The first-order valence-electron chi connectivity index (χ1n) is 6.28. The summed E-state index contributed by atoms with van der Waals surface area (Å²) in [5.74, 6) is 1.59. The van der Waals surface area contributed by atoms with E-state index in [9.17, 15) is 0 Å². The van der Waals surface area contributed by atoms with Crippen LogP contribution in [0.15, 0.2) is 10.2 Å². The van der Waals surface area contributed by atoms with Gasteiger partial charge in [-0.15, -0.1) is 10.2 Å². The minimum absolute atomic E-state index is 0.150. The molecule has 0 spiro atoms. The summed E-state index contributed by atoms with van der Waals surface area (Å²) in [6.07, 6.45) is 0. The standard InChI is InChI=1S/C13H18ClN5S/c1-7-9(14)15-11(13(3,4)5)16-10(7)20-12-18-17-8(2)19(12)6/h1-6H3. The second kappa shape index (κ2) is 5.33. The number of aromatic nitrogens is 5. The van der Waals surface area contributed by atoms with Crippen molar-refractivity contribution in [1.82, 2.24) is 24.7 Å². The predicted molar refractivity (Wildman–Crippen MR) is 80.3 cm³/mol. The first-order chi connectivity index (χ1) is 9.20. The highest BCUT2D eigenvalue weighted by atomic mass is 35.5. The van der Waals surface area contributed by atoms with Crippen LogP contribution in [0, 0.1) is 13.8 Å². The van der Waals surface area contributed by atoms with Crippen molar-refractivity contribution < 1.29 is 0 Å². The van der Waals surface area contributed by atoms with E-state index in [-0.39, 0.29) is 5.41 Å². The van der Waals surface area contributed by atoms with Gasteiger partial charge in [-0.05, 0) is 25.6 Å². The van der Waals surface area contributed by atoms with Crippen LogP contribution in [0.25, 0.3) is 0 Å². The molecule has 2 aromatic rings. The van der Waals surface area contributed by atoms with Crippen molar-refractivity contribution in [3.8, 4) is 0 Å². The fraction of sp³-hybridized carbons (Fsp3) is 0.538. The van der Waals surface area contributed by atoms with Crippen LogP contribution in [-0.2, 0) is 12.5 Å². The summed E-state index contributed by atoms with van der Waals surface area (Å²) >= 11 is 7.69. The smallest absolute Gasteiger partial charge is 0.197 e. The van der Waals surface area contributed by atoms with E-state index in [4.69, 9.17) is 11.6 Å². The van der Waals surface area contributed by atoms with Gasteiger partial charge < -0.3 is 4.57 Å². The molecule has 0 amide bonds. The topological polar surface area (TPSA) is 56.5 Å². The first kappa shape index (κ1) is 15.3. The van der Waals surface area contributed by atoms with Gasteiger partial charge >= 0.3 is 0 Å². The average Bonchev–Trinajstić information content (AvgIpc) is 2.65. The third-order valence-corrected chi connectivity index (χ3v) is 4.45. The molecule has 0 fully saturated rings. The lowest BCUT2D eigenvalue weighted by molar-refractivity contribution is 0.537. The predicted octanol–water partition coefficient (Wildman–Crippen LogP) is 3.32. The molecule has 0 unspecified atom stereocenters. The number of hydrogen-bond acceptors (Lipinski definition) is 5. The van der Waals surface area contributed by atoms with Gasteiger partial charge in [-0.25, -0.2) is 9.97 Å². The highest BCUT2D eigenvalue weighted by Crippen LogP contribution is 2.32. The maximum atomic E-state index is 6.23. The number of aryl methyl sites for hydroxylation is 1. The summed E-state index contributed by atoms with van der Waals surface area (Å²) in [7, 11) is 1.93. The lowest BCUT2D eigenvalue weighted by Crippen LogP contribution is -2.17. The lowest BCUT2D eigenvalue weighted by Gasteiger charge is -2.18. The molecule has 7 heteroatoms. The van der Waals surface area contributed by atoms with E-state index in [1.807, 2.05) is 25.5 Å². The zero-order chi connectivity index (χ0) is 15.1. The molecule has 0 radical (unpaired) electrons. The fourth-order valence-corrected chi connectivity index (χ4v) is 2.60. The molecule has 0 bridgehead atoms. The summed E-state index contributed by atoms with van der Waals surface area (Å²) < 4.78 is 1.93. The Morgan fingerprint density at radius 3 is 2.25 bits per heavy atom. The monoisotopic (exact) mass is 311 g/mol. The van der Waals surface area contributed by atoms with Crippen molar-refractivity contribution in [3.63, 3.8) is 0 Å². The number of rotatable bonds is 2. The van der Waals surface area contributed by atoms with Crippen LogP contribution in [0.1, 0.15) is 38.0 Å². The Labute approximate surface area is 128 Å². The van der Waals surface area contributed by atoms with Crippen LogP contribution in [-0.4, -0.2) is 24.7 Å². The molecular weight excluding hydrogens is 294 g/mol. The van der Waals surface area contributed by atoms with Crippen LogP contribution < -0.4 is 0 Å². The Morgan fingerprint density at radius 1 is 1.10 bits per heavy atom. The van der Waals surface area contributed by atoms with Gasteiger partial charge in [-0.2, -0.15) is 0 Å². The molecule has 0 aliphatic carbocycles. The molecule has 0 aromatic carbocycles. The minimum atomic E-state index is -0.150. The van der Waals surface area contributed by atoms with E-state index < -0.39 is 0 Å². The second-order valence-corrected chi connectivity index (χ2v) is 7.02. The third-order valence-electron chi connectivity index (χ3n) is 2.95. The molecule has 0 saturated heterocycles. The van der Waals surface area contributed by atoms with Crippen molar-refractivity contribution in [2.45, 2.75) is 50.2 Å². The summed E-state index contributed by atoms with van der Waals surface area (Å²) in [5.41, 5.74) is 0.716. The maximum Gasteiger partial charge on any atom is 0.197 e. The normalized spacial score (nSPS) is 11.9. The van der Waals surface area contributed by atoms with E-state index in [2.05, 4.69) is 40.9 Å². The highest BCUT2D eigenvalue weighted by molar-refractivity contribution is 7.99. The molecule has 0 aliphatic heterocycles. The number of hydrogen-bond donors (Lipinski definition) is 0. The van der Waals surface area contributed by atoms with E-state index >= 15 is 0 Å². The van der Waals surface area contributed by atoms with Crippen molar-refractivity contribution >= 4 is 23.4 Å². The zero-order valence-corrected chi connectivity index (χ0v) is 14.1.